The van der Waals surface area contributed by atoms with Gasteiger partial charge in [-0.25, -0.2) is 0 Å². The number of amides is 1. The van der Waals surface area contributed by atoms with Crippen LogP contribution in [0.15, 0.2) is 23.1 Å². The molecule has 5 heteroatoms. The zero-order valence-electron chi connectivity index (χ0n) is 10.9. The van der Waals surface area contributed by atoms with Gasteiger partial charge in [0, 0.05) is 30.0 Å². The first kappa shape index (κ1) is 13.9. The number of carbonyl (C=O) groups is 2. The molecule has 102 valence electrons. The number of benzene rings is 1. The molecule has 0 aliphatic carbocycles. The van der Waals surface area contributed by atoms with E-state index in [2.05, 4.69) is 6.07 Å². The number of thioether (sulfide) groups is 1. The summed E-state index contributed by atoms with van der Waals surface area (Å²) in [6.45, 7) is 2.74. The van der Waals surface area contributed by atoms with Crippen LogP contribution in [-0.2, 0) is 9.59 Å². The summed E-state index contributed by atoms with van der Waals surface area (Å²) in [7, 11) is 0. The van der Waals surface area contributed by atoms with E-state index in [4.69, 9.17) is 5.11 Å². The van der Waals surface area contributed by atoms with E-state index in [9.17, 15) is 9.59 Å². The summed E-state index contributed by atoms with van der Waals surface area (Å²) in [5.41, 5.74) is 2.15. The van der Waals surface area contributed by atoms with Crippen LogP contribution in [0.3, 0.4) is 0 Å². The molecule has 0 atom stereocenters. The zero-order chi connectivity index (χ0) is 13.8. The number of rotatable bonds is 4. The molecule has 1 aliphatic rings. The van der Waals surface area contributed by atoms with Crippen LogP contribution in [0, 0.1) is 6.92 Å². The molecular weight excluding hydrogens is 262 g/mol. The van der Waals surface area contributed by atoms with Crippen molar-refractivity contribution in [2.75, 3.05) is 17.2 Å². The molecule has 0 fully saturated rings. The van der Waals surface area contributed by atoms with E-state index in [1.807, 2.05) is 19.1 Å². The van der Waals surface area contributed by atoms with Gasteiger partial charge in [0.05, 0.1) is 5.69 Å². The standard InChI is InChI=1S/C14H17NO3S/c1-10-5-6-11-12(9-10)19-8-7-15(11)13(16)3-2-4-14(17)18/h5-6,9H,2-4,7-8H2,1H3,(H,17,18). The topological polar surface area (TPSA) is 57.6 Å². The SMILES string of the molecule is Cc1ccc2c(c1)SCCN2C(=O)CCCC(=O)O. The van der Waals surface area contributed by atoms with E-state index in [0.717, 1.165) is 16.3 Å². The lowest BCUT2D eigenvalue weighted by molar-refractivity contribution is -0.137. The highest BCUT2D eigenvalue weighted by atomic mass is 32.2. The molecule has 0 saturated carbocycles. The van der Waals surface area contributed by atoms with Crippen molar-refractivity contribution < 1.29 is 14.7 Å². The Bertz CT molecular complexity index is 501. The number of carboxylic acid groups (broad SMARTS) is 1. The van der Waals surface area contributed by atoms with E-state index in [1.165, 1.54) is 5.56 Å². The Balaban J connectivity index is 2.06. The maximum absolute atomic E-state index is 12.2. The lowest BCUT2D eigenvalue weighted by atomic mass is 10.1. The number of hydrogen-bond donors (Lipinski definition) is 1. The second-order valence-corrected chi connectivity index (χ2v) is 5.75. The number of fused-ring (bicyclic) bond motifs is 1. The summed E-state index contributed by atoms with van der Waals surface area (Å²) >= 11 is 1.76. The number of carboxylic acids is 1. The number of hydrogen-bond acceptors (Lipinski definition) is 3. The average Bonchev–Trinajstić information content (AvgIpc) is 2.37. The van der Waals surface area contributed by atoms with E-state index < -0.39 is 5.97 Å². The van der Waals surface area contributed by atoms with Crippen molar-refractivity contribution in [2.45, 2.75) is 31.1 Å². The van der Waals surface area contributed by atoms with Gasteiger partial charge in [0.1, 0.15) is 0 Å². The zero-order valence-corrected chi connectivity index (χ0v) is 11.7. The van der Waals surface area contributed by atoms with Crippen molar-refractivity contribution in [3.8, 4) is 0 Å². The molecule has 0 unspecified atom stereocenters. The first-order valence-corrected chi connectivity index (χ1v) is 7.32. The van der Waals surface area contributed by atoms with Gasteiger partial charge in [-0.2, -0.15) is 0 Å². The Morgan fingerprint density at radius 1 is 1.37 bits per heavy atom. The molecule has 1 N–H and O–H groups in total. The molecule has 1 amide bonds. The van der Waals surface area contributed by atoms with Crippen LogP contribution >= 0.6 is 11.8 Å². The molecule has 1 aromatic carbocycles. The Hall–Kier alpha value is -1.49. The van der Waals surface area contributed by atoms with Crippen molar-refractivity contribution in [1.29, 1.82) is 0 Å². The summed E-state index contributed by atoms with van der Waals surface area (Å²) in [6.07, 6.45) is 0.748. The number of aryl methyl sites for hydroxylation is 1. The number of carbonyl (C=O) groups excluding carboxylic acids is 1. The fraction of sp³-hybridized carbons (Fsp3) is 0.429. The lowest BCUT2D eigenvalue weighted by Crippen LogP contribution is -2.35. The molecule has 1 heterocycles. The highest BCUT2D eigenvalue weighted by Crippen LogP contribution is 2.35. The summed E-state index contributed by atoms with van der Waals surface area (Å²) < 4.78 is 0. The van der Waals surface area contributed by atoms with E-state index >= 15 is 0 Å². The van der Waals surface area contributed by atoms with Crippen LogP contribution in [-0.4, -0.2) is 29.3 Å². The summed E-state index contributed by atoms with van der Waals surface area (Å²) in [6, 6.07) is 6.07. The van der Waals surface area contributed by atoms with E-state index in [-0.39, 0.29) is 12.3 Å². The first-order valence-electron chi connectivity index (χ1n) is 6.33. The molecule has 0 spiro atoms. The van der Waals surface area contributed by atoms with Gasteiger partial charge in [-0.05, 0) is 31.0 Å². The van der Waals surface area contributed by atoms with Crippen molar-refractivity contribution in [3.05, 3.63) is 23.8 Å². The summed E-state index contributed by atoms with van der Waals surface area (Å²) in [5.74, 6) is 0.0610. The number of aliphatic carboxylic acids is 1. The number of anilines is 1. The molecule has 19 heavy (non-hydrogen) atoms. The highest BCUT2D eigenvalue weighted by molar-refractivity contribution is 7.99. The normalized spacial score (nSPS) is 14.1. The smallest absolute Gasteiger partial charge is 0.303 e. The Morgan fingerprint density at radius 3 is 2.89 bits per heavy atom. The fourth-order valence-electron chi connectivity index (χ4n) is 2.11. The molecule has 2 rings (SSSR count). The second kappa shape index (κ2) is 6.10. The third-order valence-corrected chi connectivity index (χ3v) is 4.09. The molecule has 0 bridgehead atoms. The molecule has 0 aromatic heterocycles. The van der Waals surface area contributed by atoms with E-state index in [0.29, 0.717) is 19.4 Å². The average molecular weight is 279 g/mol. The largest absolute Gasteiger partial charge is 0.481 e. The van der Waals surface area contributed by atoms with Gasteiger partial charge in [-0.1, -0.05) is 6.07 Å². The summed E-state index contributed by atoms with van der Waals surface area (Å²) in [5, 5.41) is 8.60. The molecule has 0 saturated heterocycles. The fourth-order valence-corrected chi connectivity index (χ4v) is 3.20. The van der Waals surface area contributed by atoms with Crippen molar-refractivity contribution in [2.24, 2.45) is 0 Å². The van der Waals surface area contributed by atoms with Crippen LogP contribution < -0.4 is 4.90 Å². The van der Waals surface area contributed by atoms with Gasteiger partial charge in [-0.3, -0.25) is 9.59 Å². The van der Waals surface area contributed by atoms with E-state index in [1.54, 1.807) is 16.7 Å². The predicted octanol–water partition coefficient (Wildman–Crippen LogP) is 2.69. The summed E-state index contributed by atoms with van der Waals surface area (Å²) in [4.78, 5) is 25.5. The monoisotopic (exact) mass is 279 g/mol. The predicted molar refractivity (Wildman–Crippen MR) is 75.7 cm³/mol. The second-order valence-electron chi connectivity index (χ2n) is 4.61. The van der Waals surface area contributed by atoms with Gasteiger partial charge in [-0.15, -0.1) is 11.8 Å². The Labute approximate surface area is 116 Å². The third kappa shape index (κ3) is 3.50. The number of nitrogens with zero attached hydrogens (tertiary/aromatic N) is 1. The quantitative estimate of drug-likeness (QED) is 0.920. The first-order chi connectivity index (χ1) is 9.08. The van der Waals surface area contributed by atoms with Crippen LogP contribution in [0.5, 0.6) is 0 Å². The lowest BCUT2D eigenvalue weighted by Gasteiger charge is -2.29. The molecule has 1 aromatic rings. The Morgan fingerprint density at radius 2 is 2.16 bits per heavy atom. The van der Waals surface area contributed by atoms with Crippen LogP contribution in [0.2, 0.25) is 0 Å². The van der Waals surface area contributed by atoms with Gasteiger partial charge < -0.3 is 10.0 Å². The Kier molecular flexibility index (Phi) is 4.47. The minimum Gasteiger partial charge on any atom is -0.481 e. The highest BCUT2D eigenvalue weighted by Gasteiger charge is 2.22. The van der Waals surface area contributed by atoms with Crippen molar-refractivity contribution in [1.82, 2.24) is 0 Å². The van der Waals surface area contributed by atoms with Gasteiger partial charge in [0.25, 0.3) is 0 Å². The van der Waals surface area contributed by atoms with Gasteiger partial charge in [0.15, 0.2) is 0 Å². The molecule has 1 aliphatic heterocycles. The van der Waals surface area contributed by atoms with Gasteiger partial charge in [0.2, 0.25) is 5.91 Å². The minimum absolute atomic E-state index is 0.0200. The van der Waals surface area contributed by atoms with Crippen LogP contribution in [0.25, 0.3) is 0 Å². The maximum Gasteiger partial charge on any atom is 0.303 e. The van der Waals surface area contributed by atoms with Crippen molar-refractivity contribution >= 4 is 29.3 Å². The molecule has 0 radical (unpaired) electrons. The maximum atomic E-state index is 12.2. The van der Waals surface area contributed by atoms with Crippen LogP contribution in [0.4, 0.5) is 5.69 Å². The third-order valence-electron chi connectivity index (χ3n) is 3.06. The molecular formula is C14H17NO3S. The van der Waals surface area contributed by atoms with Crippen molar-refractivity contribution in [3.63, 3.8) is 0 Å². The molecule has 4 nitrogen and oxygen atoms in total. The van der Waals surface area contributed by atoms with Crippen LogP contribution in [0.1, 0.15) is 24.8 Å². The minimum atomic E-state index is -0.849. The van der Waals surface area contributed by atoms with Gasteiger partial charge >= 0.3 is 5.97 Å².